The van der Waals surface area contributed by atoms with Crippen molar-refractivity contribution in [2.75, 3.05) is 10.6 Å². The van der Waals surface area contributed by atoms with E-state index in [1.165, 1.54) is 5.37 Å². The molecule has 5 N–H and O–H groups in total. The van der Waals surface area contributed by atoms with Crippen molar-refractivity contribution in [3.05, 3.63) is 34.9 Å². The summed E-state index contributed by atoms with van der Waals surface area (Å²) in [7, 11) is -2.60. The molecule has 9 heteroatoms. The minimum Gasteiger partial charge on any atom is -0.391 e. The zero-order chi connectivity index (χ0) is 18.6. The van der Waals surface area contributed by atoms with Crippen molar-refractivity contribution < 1.29 is 9.32 Å². The largest absolute Gasteiger partial charge is 0.391 e. The summed E-state index contributed by atoms with van der Waals surface area (Å²) in [6.45, 7) is 5.24. The maximum atomic E-state index is 12.1. The topological polar surface area (TPSA) is 113 Å². The van der Waals surface area contributed by atoms with Crippen LogP contribution in [0.4, 0.5) is 17.5 Å². The zero-order valence-electron chi connectivity index (χ0n) is 14.2. The first-order valence-corrected chi connectivity index (χ1v) is 10.2. The van der Waals surface area contributed by atoms with E-state index in [1.54, 1.807) is 44.3 Å². The first-order chi connectivity index (χ1) is 11.7. The fraction of sp³-hybridized carbons (Fsp3) is 0.312. The molecule has 25 heavy (non-hydrogen) atoms. The number of nitrogens with two attached hydrogens (primary N) is 1. The molecule has 0 saturated heterocycles. The van der Waals surface area contributed by atoms with Crippen LogP contribution in [-0.4, -0.2) is 36.8 Å². The van der Waals surface area contributed by atoms with E-state index in [9.17, 15) is 9.32 Å². The van der Waals surface area contributed by atoms with Gasteiger partial charge in [0.05, 0.1) is 26.3 Å². The van der Waals surface area contributed by atoms with E-state index in [4.69, 9.17) is 5.14 Å². The molecule has 0 fully saturated rings. The van der Waals surface area contributed by atoms with E-state index in [1.807, 2.05) is 6.92 Å². The van der Waals surface area contributed by atoms with Crippen LogP contribution >= 0.6 is 15.9 Å². The first kappa shape index (κ1) is 19.6. The fourth-order valence-corrected chi connectivity index (χ4v) is 3.02. The Kier molecular flexibility index (Phi) is 6.39. The van der Waals surface area contributed by atoms with Gasteiger partial charge in [0.1, 0.15) is 5.82 Å². The molecule has 7 nitrogen and oxygen atoms in total. The van der Waals surface area contributed by atoms with Crippen molar-refractivity contribution in [1.29, 1.82) is 0 Å². The summed E-state index contributed by atoms with van der Waals surface area (Å²) in [5, 5.41) is 23.1. The molecular weight excluding hydrogens is 406 g/mol. The van der Waals surface area contributed by atoms with Gasteiger partial charge in [-0.25, -0.2) is 9.19 Å². The second-order valence-electron chi connectivity index (χ2n) is 5.60. The number of halogens is 1. The van der Waals surface area contributed by atoms with Gasteiger partial charge in [-0.1, -0.05) is 0 Å². The van der Waals surface area contributed by atoms with E-state index in [0.717, 1.165) is 5.69 Å². The minimum atomic E-state index is -2.60. The van der Waals surface area contributed by atoms with Crippen molar-refractivity contribution in [3.63, 3.8) is 0 Å². The molecule has 1 aromatic heterocycles. The highest BCUT2D eigenvalue weighted by Crippen LogP contribution is 2.23. The maximum absolute atomic E-state index is 12.1. The van der Waals surface area contributed by atoms with Gasteiger partial charge < -0.3 is 15.7 Å². The lowest BCUT2D eigenvalue weighted by Crippen LogP contribution is -2.28. The van der Waals surface area contributed by atoms with Crippen LogP contribution in [0, 0.1) is 0 Å². The summed E-state index contributed by atoms with van der Waals surface area (Å²) in [5.74, 6) is 0.972. The lowest BCUT2D eigenvalue weighted by atomic mass is 10.2. The Hall–Kier alpha value is -1.68. The molecule has 0 spiro atoms. The lowest BCUT2D eigenvalue weighted by molar-refractivity contribution is 0.177. The highest BCUT2D eigenvalue weighted by Gasteiger charge is 2.12. The van der Waals surface area contributed by atoms with Crippen LogP contribution in [0.25, 0.3) is 0 Å². The second-order valence-corrected chi connectivity index (χ2v) is 8.69. The SMILES string of the molecule is CC=S(N)(=O)c1ccc(Nc2ncc(Br)c(N[C@H](C)[C@@H](C)O)n2)cc1. The zero-order valence-corrected chi connectivity index (χ0v) is 16.6. The van der Waals surface area contributed by atoms with Gasteiger partial charge in [0.25, 0.3) is 0 Å². The van der Waals surface area contributed by atoms with Crippen molar-refractivity contribution in [2.45, 2.75) is 37.8 Å². The van der Waals surface area contributed by atoms with Gasteiger partial charge in [-0.2, -0.15) is 4.98 Å². The molecule has 1 unspecified atom stereocenters. The third-order valence-corrected chi connectivity index (χ3v) is 5.95. The van der Waals surface area contributed by atoms with Gasteiger partial charge in [0.15, 0.2) is 0 Å². The van der Waals surface area contributed by atoms with Gasteiger partial charge in [-0.15, -0.1) is 0 Å². The molecule has 1 heterocycles. The molecule has 0 saturated carbocycles. The average Bonchev–Trinajstić information content (AvgIpc) is 2.58. The molecule has 2 rings (SSSR count). The van der Waals surface area contributed by atoms with Crippen LogP contribution in [-0.2, 0) is 9.71 Å². The van der Waals surface area contributed by atoms with Crippen LogP contribution < -0.4 is 15.8 Å². The van der Waals surface area contributed by atoms with Crippen molar-refractivity contribution in [2.24, 2.45) is 5.14 Å². The predicted molar refractivity (Wildman–Crippen MR) is 107 cm³/mol. The minimum absolute atomic E-state index is 0.165. The molecule has 0 amide bonds. The van der Waals surface area contributed by atoms with E-state index in [2.05, 4.69) is 36.5 Å². The van der Waals surface area contributed by atoms with Crippen molar-refractivity contribution >= 4 is 48.5 Å². The van der Waals surface area contributed by atoms with Crippen LogP contribution in [0.2, 0.25) is 0 Å². The number of aliphatic hydroxyl groups is 1. The Bertz CT molecular complexity index is 848. The van der Waals surface area contributed by atoms with Crippen molar-refractivity contribution in [3.8, 4) is 0 Å². The molecule has 1 aromatic carbocycles. The number of hydrogen-bond acceptors (Lipinski definition) is 6. The normalized spacial score (nSPS) is 15.8. The second kappa shape index (κ2) is 8.13. The summed E-state index contributed by atoms with van der Waals surface area (Å²) in [5.41, 5.74) is 0.743. The number of aliphatic hydroxyl groups excluding tert-OH is 1. The Morgan fingerprint density at radius 3 is 2.52 bits per heavy atom. The number of nitrogens with zero attached hydrogens (tertiary/aromatic N) is 2. The first-order valence-electron chi connectivity index (χ1n) is 7.68. The van der Waals surface area contributed by atoms with Gasteiger partial charge >= 0.3 is 0 Å². The van der Waals surface area contributed by atoms with Crippen molar-refractivity contribution in [1.82, 2.24) is 9.97 Å². The Balaban J connectivity index is 2.19. The van der Waals surface area contributed by atoms with Gasteiger partial charge in [-0.3, -0.25) is 5.14 Å². The molecule has 0 bridgehead atoms. The van der Waals surface area contributed by atoms with Crippen LogP contribution in [0.1, 0.15) is 20.8 Å². The third-order valence-electron chi connectivity index (χ3n) is 3.66. The highest BCUT2D eigenvalue weighted by molar-refractivity contribution is 9.10. The molecule has 0 radical (unpaired) electrons. The van der Waals surface area contributed by atoms with Crippen LogP contribution in [0.5, 0.6) is 0 Å². The number of benzene rings is 1. The molecule has 3 atom stereocenters. The number of nitrogens with one attached hydrogen (secondary N) is 2. The van der Waals surface area contributed by atoms with Crippen LogP contribution in [0.3, 0.4) is 0 Å². The number of aromatic nitrogens is 2. The Morgan fingerprint density at radius 1 is 1.32 bits per heavy atom. The molecule has 0 aliphatic rings. The number of rotatable bonds is 6. The van der Waals surface area contributed by atoms with E-state index >= 15 is 0 Å². The summed E-state index contributed by atoms with van der Waals surface area (Å²) in [6, 6.07) is 6.78. The highest BCUT2D eigenvalue weighted by atomic mass is 79.9. The fourth-order valence-electron chi connectivity index (χ4n) is 1.88. The summed E-state index contributed by atoms with van der Waals surface area (Å²) in [4.78, 5) is 9.17. The monoisotopic (exact) mass is 427 g/mol. The number of hydrogen-bond donors (Lipinski definition) is 4. The molecule has 136 valence electrons. The average molecular weight is 428 g/mol. The van der Waals surface area contributed by atoms with E-state index in [0.29, 0.717) is 21.1 Å². The van der Waals surface area contributed by atoms with Gasteiger partial charge in [0.2, 0.25) is 5.95 Å². The standard InChI is InChI=1S/C16H22BrN5O2S/c1-4-25(18,24)13-7-5-12(6-8-13)21-16-19-9-14(17)15(22-16)20-10(2)11(3)23/h4-11,23H,1-3H3,(H2,18,24)(H2,19,20,21,22)/t10-,11-,25?/m1/s1. The molecule has 0 aliphatic heterocycles. The predicted octanol–water partition coefficient (Wildman–Crippen LogP) is 2.50. The maximum Gasteiger partial charge on any atom is 0.229 e. The van der Waals surface area contributed by atoms with Gasteiger partial charge in [0, 0.05) is 16.8 Å². The summed E-state index contributed by atoms with van der Waals surface area (Å²) < 4.78 is 12.8. The van der Waals surface area contributed by atoms with Crippen LogP contribution in [0.15, 0.2) is 39.8 Å². The third kappa shape index (κ3) is 5.15. The Labute approximate surface area is 156 Å². The Morgan fingerprint density at radius 2 is 1.96 bits per heavy atom. The molecular formula is C16H22BrN5O2S. The summed E-state index contributed by atoms with van der Waals surface area (Å²) >= 11 is 3.39. The molecule has 2 aromatic rings. The smallest absolute Gasteiger partial charge is 0.229 e. The quantitative estimate of drug-likeness (QED) is 0.526. The van der Waals surface area contributed by atoms with E-state index < -0.39 is 15.8 Å². The van der Waals surface area contributed by atoms with E-state index in [-0.39, 0.29) is 6.04 Å². The lowest BCUT2D eigenvalue weighted by Gasteiger charge is -2.18. The van der Waals surface area contributed by atoms with Gasteiger partial charge in [-0.05, 0) is 66.3 Å². The number of anilines is 3. The summed E-state index contributed by atoms with van der Waals surface area (Å²) in [6.07, 6.45) is 1.10. The molecule has 0 aliphatic carbocycles.